The summed E-state index contributed by atoms with van der Waals surface area (Å²) in [5.41, 5.74) is 13.5. The molecule has 4 aliphatic rings. The van der Waals surface area contributed by atoms with Crippen LogP contribution >= 0.6 is 0 Å². The smallest absolute Gasteiger partial charge is 0.274 e. The van der Waals surface area contributed by atoms with Gasteiger partial charge < -0.3 is 41.7 Å². The summed E-state index contributed by atoms with van der Waals surface area (Å²) < 4.78 is 5.94. The predicted molar refractivity (Wildman–Crippen MR) is 154 cm³/mol. The van der Waals surface area contributed by atoms with Gasteiger partial charge >= 0.3 is 0 Å². The van der Waals surface area contributed by atoms with Crippen molar-refractivity contribution in [3.8, 4) is 5.75 Å². The lowest BCUT2D eigenvalue weighted by atomic mass is 9.79. The Morgan fingerprint density at radius 1 is 1.21 bits per heavy atom. The number of aromatic nitrogens is 2. The maximum atomic E-state index is 13.6. The van der Waals surface area contributed by atoms with Crippen molar-refractivity contribution in [2.24, 2.45) is 21.5 Å². The fourth-order valence-electron chi connectivity index (χ4n) is 6.45. The van der Waals surface area contributed by atoms with Gasteiger partial charge in [0.1, 0.15) is 17.9 Å². The van der Waals surface area contributed by atoms with E-state index in [1.165, 1.54) is 4.90 Å². The number of nitrogens with one attached hydrogen (secondary N) is 2. The summed E-state index contributed by atoms with van der Waals surface area (Å²) in [5, 5.41) is 25.8. The molecule has 1 aromatic heterocycles. The van der Waals surface area contributed by atoms with E-state index in [-0.39, 0.29) is 47.9 Å². The van der Waals surface area contributed by atoms with E-state index in [1.54, 1.807) is 37.1 Å². The average Bonchev–Trinajstić information content (AvgIpc) is 3.44. The molecule has 2 aromatic rings. The van der Waals surface area contributed by atoms with Crippen LogP contribution in [0.1, 0.15) is 52.4 Å². The number of rotatable bonds is 5. The quantitative estimate of drug-likeness (QED) is 0.297. The lowest BCUT2D eigenvalue weighted by molar-refractivity contribution is 0.0117. The first-order valence-corrected chi connectivity index (χ1v) is 14.0. The third kappa shape index (κ3) is 4.28. The van der Waals surface area contributed by atoms with Gasteiger partial charge in [-0.3, -0.25) is 9.59 Å². The molecule has 0 bridgehead atoms. The van der Waals surface area contributed by atoms with E-state index in [4.69, 9.17) is 16.2 Å². The van der Waals surface area contributed by atoms with E-state index in [2.05, 4.69) is 44.7 Å². The number of aryl methyl sites for hydroxylation is 1. The normalized spacial score (nSPS) is 28.7. The number of nitrogens with two attached hydrogens (primary N) is 2. The molecular weight excluding hydrogens is 540 g/mol. The summed E-state index contributed by atoms with van der Waals surface area (Å²) >= 11 is 0. The highest BCUT2D eigenvalue weighted by molar-refractivity contribution is 5.98. The lowest BCUT2D eigenvalue weighted by Gasteiger charge is -2.46. The minimum Gasteiger partial charge on any atom is -0.492 e. The highest BCUT2D eigenvalue weighted by Crippen LogP contribution is 2.42. The van der Waals surface area contributed by atoms with Crippen LogP contribution in [0.5, 0.6) is 5.75 Å². The largest absolute Gasteiger partial charge is 0.492 e. The maximum Gasteiger partial charge on any atom is 0.274 e. The van der Waals surface area contributed by atoms with Crippen molar-refractivity contribution < 1.29 is 19.4 Å². The van der Waals surface area contributed by atoms with Gasteiger partial charge in [0.2, 0.25) is 0 Å². The second-order valence-corrected chi connectivity index (χ2v) is 12.0. The highest BCUT2D eigenvalue weighted by Gasteiger charge is 2.65. The molecule has 1 saturated heterocycles. The number of aliphatic hydroxyl groups excluding tert-OH is 1. The monoisotopic (exact) mass is 576 g/mol. The summed E-state index contributed by atoms with van der Waals surface area (Å²) in [6.07, 6.45) is -0.328. The first-order chi connectivity index (χ1) is 19.9. The number of hydrogen-bond acceptors (Lipinski definition) is 12. The van der Waals surface area contributed by atoms with Crippen molar-refractivity contribution in [1.82, 2.24) is 30.6 Å². The predicted octanol–water partition coefficient (Wildman–Crippen LogP) is -0.928. The van der Waals surface area contributed by atoms with Crippen molar-refractivity contribution in [1.29, 1.82) is 0 Å². The van der Waals surface area contributed by atoms with E-state index in [9.17, 15) is 14.7 Å². The number of aliphatic imine (C=N–C) groups is 2. The molecule has 5 heterocycles. The van der Waals surface area contributed by atoms with Gasteiger partial charge in [0.05, 0.1) is 29.9 Å². The zero-order valence-corrected chi connectivity index (χ0v) is 24.0. The van der Waals surface area contributed by atoms with Crippen molar-refractivity contribution in [3.63, 3.8) is 0 Å². The van der Waals surface area contributed by atoms with E-state index < -0.39 is 29.9 Å². The SMILES string of the molecule is Cc1ccc(C(=O)N(C)C[C@@H]2N=C(N)N3CC(NC(=O)c4cccc5c4OCCC5(C)C)[C@@H](O)C34NC(N)=NC24)nn1. The molecule has 14 nitrogen and oxygen atoms in total. The van der Waals surface area contributed by atoms with Crippen molar-refractivity contribution in [2.45, 2.75) is 62.5 Å². The van der Waals surface area contributed by atoms with Crippen molar-refractivity contribution in [3.05, 3.63) is 52.8 Å². The minimum atomic E-state index is -1.26. The molecule has 5 atom stereocenters. The van der Waals surface area contributed by atoms with Gasteiger partial charge in [0.25, 0.3) is 11.8 Å². The molecule has 0 saturated carbocycles. The Bertz CT molecular complexity index is 1490. The highest BCUT2D eigenvalue weighted by atomic mass is 16.5. The molecule has 1 fully saturated rings. The van der Waals surface area contributed by atoms with Crippen molar-refractivity contribution in [2.75, 3.05) is 26.7 Å². The first-order valence-electron chi connectivity index (χ1n) is 14.0. The number of nitrogens with zero attached hydrogens (tertiary/aromatic N) is 6. The van der Waals surface area contributed by atoms with Gasteiger partial charge in [-0.05, 0) is 37.0 Å². The molecule has 222 valence electrons. The molecule has 0 radical (unpaired) electrons. The Morgan fingerprint density at radius 3 is 2.74 bits per heavy atom. The number of para-hydroxylation sites is 1. The third-order valence-electron chi connectivity index (χ3n) is 8.76. The van der Waals surface area contributed by atoms with Crippen LogP contribution in [0.25, 0.3) is 0 Å². The van der Waals surface area contributed by atoms with E-state index in [0.717, 1.165) is 12.0 Å². The van der Waals surface area contributed by atoms with Crippen LogP contribution in [0.4, 0.5) is 0 Å². The molecule has 1 spiro atoms. The Balaban J connectivity index is 1.24. The standard InChI is InChI=1S/C28H36N10O4/c1-14-8-9-17(36-35-14)24(41)37(4)12-18-21-28(34-25(29)33-21)22(39)19(13-38(28)26(30)32-18)31-23(40)15-6-5-7-16-20(15)42-11-10-27(16,2)3/h5-9,18-19,21-22,39H,10-13H2,1-4H3,(H2,30,32)(H,31,40)(H3,29,33,34)/t18-,19?,21?,22+,28?/m0/s1. The molecule has 0 aliphatic carbocycles. The van der Waals surface area contributed by atoms with Crippen LogP contribution in [0.2, 0.25) is 0 Å². The number of fused-ring (bicyclic) bond motifs is 1. The van der Waals surface area contributed by atoms with Gasteiger partial charge in [0, 0.05) is 25.7 Å². The second kappa shape index (κ2) is 9.82. The Morgan fingerprint density at radius 2 is 2.00 bits per heavy atom. The molecular formula is C28H36N10O4. The summed E-state index contributed by atoms with van der Waals surface area (Å²) in [5.74, 6) is 0.0973. The van der Waals surface area contributed by atoms with Gasteiger partial charge in [-0.25, -0.2) is 9.98 Å². The number of benzene rings is 1. The number of guanidine groups is 2. The zero-order valence-electron chi connectivity index (χ0n) is 24.0. The zero-order chi connectivity index (χ0) is 30.0. The number of carbonyl (C=O) groups excluding carboxylic acids is 2. The molecule has 1 aromatic carbocycles. The van der Waals surface area contributed by atoms with Crippen LogP contribution < -0.4 is 26.8 Å². The van der Waals surface area contributed by atoms with Crippen LogP contribution in [-0.4, -0.2) is 105 Å². The molecule has 14 heteroatoms. The fourth-order valence-corrected chi connectivity index (χ4v) is 6.45. The Labute approximate surface area is 243 Å². The first kappa shape index (κ1) is 27.7. The van der Waals surface area contributed by atoms with Crippen LogP contribution in [-0.2, 0) is 5.41 Å². The Hall–Kier alpha value is -4.46. The molecule has 6 rings (SSSR count). The number of carbonyl (C=O) groups is 2. The minimum absolute atomic E-state index is 0.108. The average molecular weight is 577 g/mol. The number of amides is 2. The number of aliphatic hydroxyl groups is 1. The summed E-state index contributed by atoms with van der Waals surface area (Å²) in [7, 11) is 1.63. The van der Waals surface area contributed by atoms with E-state index in [1.807, 2.05) is 12.1 Å². The van der Waals surface area contributed by atoms with Gasteiger partial charge in [-0.2, -0.15) is 5.10 Å². The van der Waals surface area contributed by atoms with Gasteiger partial charge in [-0.1, -0.05) is 26.0 Å². The maximum absolute atomic E-state index is 13.6. The molecule has 2 amide bonds. The van der Waals surface area contributed by atoms with Gasteiger partial charge in [0.15, 0.2) is 23.3 Å². The van der Waals surface area contributed by atoms with Crippen LogP contribution in [0, 0.1) is 6.92 Å². The third-order valence-corrected chi connectivity index (χ3v) is 8.76. The lowest BCUT2D eigenvalue weighted by Crippen LogP contribution is -2.73. The molecule has 3 unspecified atom stereocenters. The topological polar surface area (TPSA) is 197 Å². The Kier molecular flexibility index (Phi) is 6.48. The fraction of sp³-hybridized carbons (Fsp3) is 0.500. The molecule has 4 aliphatic heterocycles. The number of ether oxygens (including phenoxy) is 1. The van der Waals surface area contributed by atoms with Gasteiger partial charge in [-0.15, -0.1) is 5.10 Å². The van der Waals surface area contributed by atoms with Crippen LogP contribution in [0.3, 0.4) is 0 Å². The van der Waals surface area contributed by atoms with E-state index >= 15 is 0 Å². The second-order valence-electron chi connectivity index (χ2n) is 12.0. The number of likely N-dealkylation sites (N-methyl/N-ethyl adjacent to an activating group) is 1. The molecule has 7 N–H and O–H groups in total. The summed E-state index contributed by atoms with van der Waals surface area (Å²) in [6.45, 7) is 6.84. The molecule has 42 heavy (non-hydrogen) atoms. The number of hydrogen-bond donors (Lipinski definition) is 5. The van der Waals surface area contributed by atoms with E-state index in [0.29, 0.717) is 23.6 Å². The summed E-state index contributed by atoms with van der Waals surface area (Å²) in [4.78, 5) is 39.0. The van der Waals surface area contributed by atoms with Crippen LogP contribution in [0.15, 0.2) is 40.3 Å². The summed E-state index contributed by atoms with van der Waals surface area (Å²) in [6, 6.07) is 6.79. The van der Waals surface area contributed by atoms with Crippen molar-refractivity contribution >= 4 is 23.7 Å².